The van der Waals surface area contributed by atoms with Crippen LogP contribution in [0.25, 0.3) is 0 Å². The predicted octanol–water partition coefficient (Wildman–Crippen LogP) is 3.75. The molecule has 1 fully saturated rings. The second kappa shape index (κ2) is 10.1. The van der Waals surface area contributed by atoms with Crippen LogP contribution in [-0.4, -0.2) is 35.4 Å². The third-order valence-corrected chi connectivity index (χ3v) is 5.10. The van der Waals surface area contributed by atoms with Crippen molar-refractivity contribution in [3.63, 3.8) is 0 Å². The summed E-state index contributed by atoms with van der Waals surface area (Å²) in [6.07, 6.45) is 9.80. The van der Waals surface area contributed by atoms with Crippen molar-refractivity contribution in [2.75, 3.05) is 19.6 Å². The molecule has 1 unspecified atom stereocenters. The Kier molecular flexibility index (Phi) is 7.20. The van der Waals surface area contributed by atoms with Crippen LogP contribution in [-0.2, 0) is 11.2 Å². The summed E-state index contributed by atoms with van der Waals surface area (Å²) in [7, 11) is 0. The molecule has 1 aromatic carbocycles. The molecule has 138 valence electrons. The highest BCUT2D eigenvalue weighted by Crippen LogP contribution is 2.24. The maximum Gasteiger partial charge on any atom is 0.220 e. The number of benzene rings is 1. The van der Waals surface area contributed by atoms with Gasteiger partial charge in [-0.25, -0.2) is 0 Å². The van der Waals surface area contributed by atoms with Gasteiger partial charge in [-0.05, 0) is 56.0 Å². The van der Waals surface area contributed by atoms with E-state index in [0.717, 1.165) is 25.9 Å². The van der Waals surface area contributed by atoms with Crippen molar-refractivity contribution < 1.29 is 4.79 Å². The number of hydrogen-bond acceptors (Lipinski definition) is 3. The summed E-state index contributed by atoms with van der Waals surface area (Å²) in [5.74, 6) is 0.145. The van der Waals surface area contributed by atoms with E-state index >= 15 is 0 Å². The number of nitrogens with one attached hydrogen (secondary N) is 1. The van der Waals surface area contributed by atoms with Gasteiger partial charge in [0.25, 0.3) is 0 Å². The molecule has 1 saturated heterocycles. The van der Waals surface area contributed by atoms with Crippen molar-refractivity contribution in [3.05, 3.63) is 66.0 Å². The molecule has 0 radical (unpaired) electrons. The third-order valence-electron chi connectivity index (χ3n) is 5.10. The molecule has 0 aliphatic carbocycles. The van der Waals surface area contributed by atoms with Crippen molar-refractivity contribution in [2.45, 2.75) is 44.6 Å². The monoisotopic (exact) mass is 351 g/mol. The Balaban J connectivity index is 1.49. The number of aryl methyl sites for hydroxylation is 1. The summed E-state index contributed by atoms with van der Waals surface area (Å²) in [5.41, 5.74) is 2.49. The van der Waals surface area contributed by atoms with Gasteiger partial charge in [0.2, 0.25) is 5.91 Å². The molecule has 3 rings (SSSR count). The average molecular weight is 351 g/mol. The fourth-order valence-electron chi connectivity index (χ4n) is 3.66. The van der Waals surface area contributed by atoms with Crippen molar-refractivity contribution in [1.29, 1.82) is 0 Å². The average Bonchev–Trinajstić information content (AvgIpc) is 2.71. The van der Waals surface area contributed by atoms with Crippen LogP contribution in [0.2, 0.25) is 0 Å². The van der Waals surface area contributed by atoms with Crippen LogP contribution in [0, 0.1) is 0 Å². The maximum atomic E-state index is 12.3. The van der Waals surface area contributed by atoms with E-state index in [2.05, 4.69) is 45.5 Å². The standard InChI is InChI=1S/C22H29N3O/c26-22(13-7-9-19-10-8-14-23-17-19)24-18-21(20-11-3-1-4-12-20)25-15-5-2-6-16-25/h1,3-4,8,10-12,14,17,21H,2,5-7,9,13,15-16,18H2,(H,24,26). The Morgan fingerprint density at radius 1 is 1.08 bits per heavy atom. The summed E-state index contributed by atoms with van der Waals surface area (Å²) in [6.45, 7) is 2.93. The third kappa shape index (κ3) is 5.67. The van der Waals surface area contributed by atoms with Gasteiger partial charge < -0.3 is 5.32 Å². The lowest BCUT2D eigenvalue weighted by molar-refractivity contribution is -0.121. The normalized spacial score (nSPS) is 16.2. The van der Waals surface area contributed by atoms with E-state index in [0.29, 0.717) is 13.0 Å². The highest BCUT2D eigenvalue weighted by atomic mass is 16.1. The van der Waals surface area contributed by atoms with Gasteiger partial charge in [-0.15, -0.1) is 0 Å². The number of carbonyl (C=O) groups excluding carboxylic acids is 1. The number of aromatic nitrogens is 1. The fourth-order valence-corrected chi connectivity index (χ4v) is 3.66. The largest absolute Gasteiger partial charge is 0.354 e. The summed E-state index contributed by atoms with van der Waals surface area (Å²) in [6, 6.07) is 14.9. The molecule has 1 amide bonds. The lowest BCUT2D eigenvalue weighted by Crippen LogP contribution is -2.40. The van der Waals surface area contributed by atoms with Crippen LogP contribution in [0.4, 0.5) is 0 Å². The molecule has 26 heavy (non-hydrogen) atoms. The summed E-state index contributed by atoms with van der Waals surface area (Å²) >= 11 is 0. The number of piperidine rings is 1. The number of carbonyl (C=O) groups is 1. The van der Waals surface area contributed by atoms with E-state index in [4.69, 9.17) is 0 Å². The zero-order valence-corrected chi connectivity index (χ0v) is 15.4. The number of amides is 1. The molecule has 2 aromatic rings. The van der Waals surface area contributed by atoms with Gasteiger partial charge >= 0.3 is 0 Å². The number of rotatable bonds is 8. The maximum absolute atomic E-state index is 12.3. The van der Waals surface area contributed by atoms with Crippen molar-refractivity contribution in [1.82, 2.24) is 15.2 Å². The van der Waals surface area contributed by atoms with Crippen LogP contribution in [0.3, 0.4) is 0 Å². The minimum atomic E-state index is 0.145. The molecule has 0 spiro atoms. The minimum Gasteiger partial charge on any atom is -0.354 e. The topological polar surface area (TPSA) is 45.2 Å². The molecule has 0 bridgehead atoms. The van der Waals surface area contributed by atoms with Gasteiger partial charge in [0, 0.05) is 25.4 Å². The first-order valence-corrected chi connectivity index (χ1v) is 9.77. The Morgan fingerprint density at radius 2 is 1.88 bits per heavy atom. The van der Waals surface area contributed by atoms with Crippen molar-refractivity contribution >= 4 is 5.91 Å². The number of nitrogens with zero attached hydrogens (tertiary/aromatic N) is 2. The van der Waals surface area contributed by atoms with Gasteiger partial charge in [0.05, 0.1) is 6.04 Å². The number of likely N-dealkylation sites (tertiary alicyclic amines) is 1. The first-order chi connectivity index (χ1) is 12.8. The molecule has 4 heteroatoms. The smallest absolute Gasteiger partial charge is 0.220 e. The highest BCUT2D eigenvalue weighted by molar-refractivity contribution is 5.75. The van der Waals surface area contributed by atoms with E-state index < -0.39 is 0 Å². The van der Waals surface area contributed by atoms with Gasteiger partial charge in [-0.3, -0.25) is 14.7 Å². The summed E-state index contributed by atoms with van der Waals surface area (Å²) in [5, 5.41) is 3.17. The van der Waals surface area contributed by atoms with E-state index in [1.165, 1.54) is 30.4 Å². The molecule has 1 aliphatic rings. The van der Waals surface area contributed by atoms with Crippen LogP contribution >= 0.6 is 0 Å². The zero-order chi connectivity index (χ0) is 18.0. The number of pyridine rings is 1. The van der Waals surface area contributed by atoms with Gasteiger partial charge in [-0.2, -0.15) is 0 Å². The molecule has 1 N–H and O–H groups in total. The molecule has 1 aromatic heterocycles. The van der Waals surface area contributed by atoms with E-state index in [-0.39, 0.29) is 11.9 Å². The molecule has 0 saturated carbocycles. The predicted molar refractivity (Wildman–Crippen MR) is 105 cm³/mol. The van der Waals surface area contributed by atoms with Crippen LogP contribution in [0.15, 0.2) is 54.9 Å². The second-order valence-corrected chi connectivity index (χ2v) is 7.04. The van der Waals surface area contributed by atoms with Gasteiger partial charge in [0.15, 0.2) is 0 Å². The zero-order valence-electron chi connectivity index (χ0n) is 15.4. The fraction of sp³-hybridized carbons (Fsp3) is 0.455. The first kappa shape index (κ1) is 18.6. The first-order valence-electron chi connectivity index (χ1n) is 9.77. The van der Waals surface area contributed by atoms with Crippen LogP contribution in [0.5, 0.6) is 0 Å². The van der Waals surface area contributed by atoms with Gasteiger partial charge in [0.1, 0.15) is 0 Å². The molecular weight excluding hydrogens is 322 g/mol. The van der Waals surface area contributed by atoms with Crippen LogP contribution in [0.1, 0.15) is 49.3 Å². The molecule has 2 heterocycles. The Morgan fingerprint density at radius 3 is 2.62 bits per heavy atom. The van der Waals surface area contributed by atoms with Crippen LogP contribution < -0.4 is 5.32 Å². The highest BCUT2D eigenvalue weighted by Gasteiger charge is 2.22. The van der Waals surface area contributed by atoms with Crippen molar-refractivity contribution in [3.8, 4) is 0 Å². The number of hydrogen-bond donors (Lipinski definition) is 1. The van der Waals surface area contributed by atoms with E-state index in [1.807, 2.05) is 18.3 Å². The molecule has 4 nitrogen and oxygen atoms in total. The Bertz CT molecular complexity index is 654. The molecule has 1 atom stereocenters. The minimum absolute atomic E-state index is 0.145. The van der Waals surface area contributed by atoms with Crippen molar-refractivity contribution in [2.24, 2.45) is 0 Å². The molecule has 1 aliphatic heterocycles. The summed E-state index contributed by atoms with van der Waals surface area (Å²) < 4.78 is 0. The lowest BCUT2D eigenvalue weighted by Gasteiger charge is -2.35. The molecular formula is C22H29N3O. The van der Waals surface area contributed by atoms with E-state index in [9.17, 15) is 4.79 Å². The Hall–Kier alpha value is -2.20. The van der Waals surface area contributed by atoms with E-state index in [1.54, 1.807) is 6.20 Å². The SMILES string of the molecule is O=C(CCCc1cccnc1)NCC(c1ccccc1)N1CCCCC1. The lowest BCUT2D eigenvalue weighted by atomic mass is 10.0. The second-order valence-electron chi connectivity index (χ2n) is 7.04. The Labute approximate surface area is 156 Å². The van der Waals surface area contributed by atoms with Gasteiger partial charge in [-0.1, -0.05) is 42.8 Å². The quantitative estimate of drug-likeness (QED) is 0.788. The summed E-state index contributed by atoms with van der Waals surface area (Å²) in [4.78, 5) is 19.0.